The molecule has 1 fully saturated rings. The Morgan fingerprint density at radius 3 is 2.65 bits per heavy atom. The second-order valence-electron chi connectivity index (χ2n) is 5.39. The zero-order chi connectivity index (χ0) is 17.3. The average Bonchev–Trinajstić information content (AvgIpc) is 2.77. The van der Waals surface area contributed by atoms with Crippen LogP contribution in [0.15, 0.2) is 29.2 Å². The van der Waals surface area contributed by atoms with Gasteiger partial charge >= 0.3 is 6.18 Å². The summed E-state index contributed by atoms with van der Waals surface area (Å²) in [5.74, 6) is -0.415. The molecular weight excluding hydrogens is 351 g/mol. The van der Waals surface area contributed by atoms with Crippen molar-refractivity contribution in [2.24, 2.45) is 0 Å². The van der Waals surface area contributed by atoms with Crippen LogP contribution in [0.5, 0.6) is 0 Å². The maximum atomic E-state index is 12.7. The molecule has 2 atom stereocenters. The van der Waals surface area contributed by atoms with Gasteiger partial charge < -0.3 is 5.32 Å². The van der Waals surface area contributed by atoms with Gasteiger partial charge in [-0.25, -0.2) is 8.42 Å². The van der Waals surface area contributed by atoms with Crippen molar-refractivity contribution in [3.05, 3.63) is 29.8 Å². The van der Waals surface area contributed by atoms with Gasteiger partial charge in [0.05, 0.1) is 22.3 Å². The van der Waals surface area contributed by atoms with E-state index in [0.29, 0.717) is 11.3 Å². The molecule has 0 bridgehead atoms. The van der Waals surface area contributed by atoms with E-state index in [0.717, 1.165) is 23.9 Å². The van der Waals surface area contributed by atoms with E-state index in [9.17, 15) is 26.4 Å². The number of hydrogen-bond acceptors (Lipinski definition) is 4. The number of carbonyl (C=O) groups is 1. The first-order valence-electron chi connectivity index (χ1n) is 6.91. The van der Waals surface area contributed by atoms with E-state index in [2.05, 4.69) is 5.32 Å². The molecule has 1 aromatic rings. The third kappa shape index (κ3) is 5.13. The van der Waals surface area contributed by atoms with Crippen molar-refractivity contribution >= 4 is 27.5 Å². The number of sulfone groups is 1. The van der Waals surface area contributed by atoms with Crippen LogP contribution in [0.3, 0.4) is 0 Å². The van der Waals surface area contributed by atoms with Gasteiger partial charge in [0.2, 0.25) is 5.91 Å². The van der Waals surface area contributed by atoms with Gasteiger partial charge in [0, 0.05) is 10.9 Å². The average molecular weight is 367 g/mol. The monoisotopic (exact) mass is 367 g/mol. The number of alkyl halides is 3. The fourth-order valence-electron chi connectivity index (χ4n) is 2.23. The molecule has 4 nitrogen and oxygen atoms in total. The van der Waals surface area contributed by atoms with Gasteiger partial charge in [-0.3, -0.25) is 4.79 Å². The first kappa shape index (κ1) is 18.1. The second-order valence-corrected chi connectivity index (χ2v) is 9.04. The molecular formula is C14H16F3NO3S2. The summed E-state index contributed by atoms with van der Waals surface area (Å²) in [4.78, 5) is 12.4. The lowest BCUT2D eigenvalue weighted by Gasteiger charge is -2.16. The van der Waals surface area contributed by atoms with Crippen LogP contribution >= 0.6 is 11.8 Å². The quantitative estimate of drug-likeness (QED) is 0.831. The van der Waals surface area contributed by atoms with Crippen LogP contribution in [0.1, 0.15) is 18.9 Å². The second kappa shape index (κ2) is 6.72. The highest BCUT2D eigenvalue weighted by molar-refractivity contribution is 8.00. The van der Waals surface area contributed by atoms with Crippen LogP contribution in [-0.2, 0) is 20.8 Å². The van der Waals surface area contributed by atoms with Gasteiger partial charge in [0.15, 0.2) is 9.84 Å². The van der Waals surface area contributed by atoms with E-state index in [1.54, 1.807) is 6.92 Å². The minimum atomic E-state index is -4.43. The summed E-state index contributed by atoms with van der Waals surface area (Å²) in [5, 5.41) is 2.01. The van der Waals surface area contributed by atoms with Crippen LogP contribution < -0.4 is 5.32 Å². The topological polar surface area (TPSA) is 63.2 Å². The molecule has 0 spiro atoms. The first-order valence-corrected chi connectivity index (χ1v) is 9.62. The Balaban J connectivity index is 1.96. The molecule has 0 aromatic heterocycles. The SMILES string of the molecule is C[C@@H](Sc1cccc(C(F)(F)F)c1)C(=O)N[C@H]1CCS(=O)(=O)C1. The molecule has 0 aliphatic carbocycles. The van der Waals surface area contributed by atoms with Crippen molar-refractivity contribution in [2.75, 3.05) is 11.5 Å². The largest absolute Gasteiger partial charge is 0.416 e. The highest BCUT2D eigenvalue weighted by Crippen LogP contribution is 2.33. The van der Waals surface area contributed by atoms with Crippen molar-refractivity contribution < 1.29 is 26.4 Å². The van der Waals surface area contributed by atoms with Gasteiger partial charge in [-0.1, -0.05) is 6.07 Å². The molecule has 1 amide bonds. The minimum absolute atomic E-state index is 0.0487. The maximum absolute atomic E-state index is 12.7. The molecule has 9 heteroatoms. The number of hydrogen-bond donors (Lipinski definition) is 1. The summed E-state index contributed by atoms with van der Waals surface area (Å²) < 4.78 is 60.7. The van der Waals surface area contributed by atoms with Gasteiger partial charge in [-0.05, 0) is 31.5 Å². The highest BCUT2D eigenvalue weighted by Gasteiger charge is 2.32. The smallest absolute Gasteiger partial charge is 0.351 e. The van der Waals surface area contributed by atoms with E-state index < -0.39 is 32.9 Å². The maximum Gasteiger partial charge on any atom is 0.416 e. The minimum Gasteiger partial charge on any atom is -0.351 e. The predicted octanol–water partition coefficient (Wildman–Crippen LogP) is 2.49. The molecule has 0 radical (unpaired) electrons. The summed E-state index contributed by atoms with van der Waals surface area (Å²) in [6.45, 7) is 1.57. The number of amides is 1. The number of halogens is 3. The lowest BCUT2D eigenvalue weighted by molar-refractivity contribution is -0.137. The first-order chi connectivity index (χ1) is 10.6. The van der Waals surface area contributed by atoms with E-state index in [4.69, 9.17) is 0 Å². The van der Waals surface area contributed by atoms with Crippen LogP contribution in [0, 0.1) is 0 Å². The Morgan fingerprint density at radius 1 is 1.39 bits per heavy atom. The molecule has 2 rings (SSSR count). The van der Waals surface area contributed by atoms with Crippen molar-refractivity contribution in [1.82, 2.24) is 5.32 Å². The molecule has 1 aliphatic rings. The molecule has 0 unspecified atom stereocenters. The molecule has 128 valence electrons. The number of carbonyl (C=O) groups excluding carboxylic acids is 1. The Bertz CT molecular complexity index is 689. The lowest BCUT2D eigenvalue weighted by atomic mass is 10.2. The van der Waals surface area contributed by atoms with E-state index in [1.807, 2.05) is 0 Å². The number of benzene rings is 1. The Kier molecular flexibility index (Phi) is 5.30. The molecule has 1 heterocycles. The van der Waals surface area contributed by atoms with Gasteiger partial charge in [-0.15, -0.1) is 11.8 Å². The van der Waals surface area contributed by atoms with E-state index >= 15 is 0 Å². The molecule has 1 saturated heterocycles. The summed E-state index contributed by atoms with van der Waals surface area (Å²) in [6.07, 6.45) is -4.06. The number of nitrogens with one attached hydrogen (secondary N) is 1. The van der Waals surface area contributed by atoms with Crippen molar-refractivity contribution in [1.29, 1.82) is 0 Å². The van der Waals surface area contributed by atoms with Crippen LogP contribution in [0.25, 0.3) is 0 Å². The van der Waals surface area contributed by atoms with Crippen molar-refractivity contribution in [3.63, 3.8) is 0 Å². The Morgan fingerprint density at radius 2 is 2.09 bits per heavy atom. The highest BCUT2D eigenvalue weighted by atomic mass is 32.2. The zero-order valence-corrected chi connectivity index (χ0v) is 13.9. The fourth-order valence-corrected chi connectivity index (χ4v) is 4.84. The predicted molar refractivity (Wildman–Crippen MR) is 82.0 cm³/mol. The number of rotatable bonds is 4. The van der Waals surface area contributed by atoms with Crippen LogP contribution in [-0.4, -0.2) is 37.1 Å². The summed E-state index contributed by atoms with van der Waals surface area (Å²) in [5.41, 5.74) is -0.767. The van der Waals surface area contributed by atoms with Gasteiger partial charge in [-0.2, -0.15) is 13.2 Å². The third-order valence-corrected chi connectivity index (χ3v) is 6.28. The number of thioether (sulfide) groups is 1. The molecule has 1 N–H and O–H groups in total. The third-order valence-electron chi connectivity index (χ3n) is 3.42. The standard InChI is InChI=1S/C14H16F3NO3S2/c1-9(13(19)18-11-5-6-23(20,21)8-11)22-12-4-2-3-10(7-12)14(15,16)17/h2-4,7,9,11H,5-6,8H2,1H3,(H,18,19)/t9-,11+/m1/s1. The van der Waals surface area contributed by atoms with Gasteiger partial charge in [0.1, 0.15) is 0 Å². The molecule has 1 aromatic carbocycles. The Hall–Kier alpha value is -1.22. The summed E-state index contributed by atoms with van der Waals surface area (Å²) >= 11 is 1.00. The lowest BCUT2D eigenvalue weighted by Crippen LogP contribution is -2.39. The normalized spacial score (nSPS) is 21.8. The molecule has 23 heavy (non-hydrogen) atoms. The van der Waals surface area contributed by atoms with Crippen molar-refractivity contribution in [3.8, 4) is 0 Å². The molecule has 0 saturated carbocycles. The van der Waals surface area contributed by atoms with E-state index in [-0.39, 0.29) is 17.4 Å². The summed E-state index contributed by atoms with van der Waals surface area (Å²) in [7, 11) is -3.09. The summed E-state index contributed by atoms with van der Waals surface area (Å²) in [6, 6.07) is 4.34. The zero-order valence-electron chi connectivity index (χ0n) is 12.3. The fraction of sp³-hybridized carbons (Fsp3) is 0.500. The van der Waals surface area contributed by atoms with Gasteiger partial charge in [0.25, 0.3) is 0 Å². The van der Waals surface area contributed by atoms with Crippen LogP contribution in [0.4, 0.5) is 13.2 Å². The Labute approximate surface area is 136 Å². The van der Waals surface area contributed by atoms with E-state index in [1.165, 1.54) is 12.1 Å². The molecule has 1 aliphatic heterocycles. The van der Waals surface area contributed by atoms with Crippen LogP contribution in [0.2, 0.25) is 0 Å². The van der Waals surface area contributed by atoms with Crippen molar-refractivity contribution in [2.45, 2.75) is 35.7 Å².